The third kappa shape index (κ3) is 4.35. The van der Waals surface area contributed by atoms with Gasteiger partial charge >= 0.3 is 0 Å². The van der Waals surface area contributed by atoms with Crippen molar-refractivity contribution in [1.82, 2.24) is 14.4 Å². The summed E-state index contributed by atoms with van der Waals surface area (Å²) >= 11 is 1.60. The SMILES string of the molecule is O=C(CSCc1ccccc1)Nc1ccc(-c2cn3cccnc3n2)cc1. The molecule has 1 amide bonds. The third-order valence-corrected chi connectivity index (χ3v) is 5.05. The Morgan fingerprint density at radius 2 is 1.85 bits per heavy atom. The molecular weight excluding hydrogens is 356 g/mol. The van der Waals surface area contributed by atoms with Gasteiger partial charge in [0.2, 0.25) is 11.7 Å². The molecule has 0 radical (unpaired) electrons. The van der Waals surface area contributed by atoms with Crippen molar-refractivity contribution in [3.63, 3.8) is 0 Å². The van der Waals surface area contributed by atoms with Crippen molar-refractivity contribution in [3.05, 3.63) is 84.8 Å². The molecule has 4 rings (SSSR count). The first-order valence-corrected chi connectivity index (χ1v) is 9.75. The molecule has 0 saturated carbocycles. The van der Waals surface area contributed by atoms with E-state index in [1.165, 1.54) is 5.56 Å². The van der Waals surface area contributed by atoms with Crippen LogP contribution in [0.2, 0.25) is 0 Å². The van der Waals surface area contributed by atoms with E-state index in [4.69, 9.17) is 0 Å². The molecule has 0 unspecified atom stereocenters. The van der Waals surface area contributed by atoms with E-state index in [0.717, 1.165) is 22.7 Å². The van der Waals surface area contributed by atoms with Gasteiger partial charge in [0.15, 0.2) is 0 Å². The zero-order chi connectivity index (χ0) is 18.5. The quantitative estimate of drug-likeness (QED) is 0.548. The number of benzene rings is 2. The first-order chi connectivity index (χ1) is 13.3. The Bertz CT molecular complexity index is 1010. The molecule has 0 bridgehead atoms. The van der Waals surface area contributed by atoms with Crippen molar-refractivity contribution in [3.8, 4) is 11.3 Å². The zero-order valence-electron chi connectivity index (χ0n) is 14.6. The van der Waals surface area contributed by atoms with Crippen LogP contribution in [0.1, 0.15) is 5.56 Å². The predicted octanol–water partition coefficient (Wildman–Crippen LogP) is 4.27. The topological polar surface area (TPSA) is 59.3 Å². The number of hydrogen-bond donors (Lipinski definition) is 1. The zero-order valence-corrected chi connectivity index (χ0v) is 15.4. The molecule has 0 aliphatic heterocycles. The monoisotopic (exact) mass is 374 g/mol. The standard InChI is InChI=1S/C21H18N4OS/c26-20(15-27-14-16-5-2-1-3-6-16)23-18-9-7-17(8-10-18)19-13-25-12-4-11-22-21(25)24-19/h1-13H,14-15H2,(H,23,26). The van der Waals surface area contributed by atoms with E-state index in [1.54, 1.807) is 18.0 Å². The lowest BCUT2D eigenvalue weighted by atomic mass is 10.1. The molecule has 0 saturated heterocycles. The van der Waals surface area contributed by atoms with Crippen LogP contribution in [0.15, 0.2) is 79.3 Å². The molecule has 1 N–H and O–H groups in total. The van der Waals surface area contributed by atoms with Gasteiger partial charge in [0.25, 0.3) is 0 Å². The fourth-order valence-electron chi connectivity index (χ4n) is 2.73. The van der Waals surface area contributed by atoms with Crippen molar-refractivity contribution in [2.24, 2.45) is 0 Å². The Hall–Kier alpha value is -3.12. The number of carbonyl (C=O) groups is 1. The summed E-state index contributed by atoms with van der Waals surface area (Å²) in [6.45, 7) is 0. The van der Waals surface area contributed by atoms with Gasteiger partial charge in [0.05, 0.1) is 11.4 Å². The largest absolute Gasteiger partial charge is 0.325 e. The van der Waals surface area contributed by atoms with Crippen molar-refractivity contribution in [2.75, 3.05) is 11.1 Å². The van der Waals surface area contributed by atoms with Crippen molar-refractivity contribution >= 4 is 29.1 Å². The molecule has 2 aromatic heterocycles. The van der Waals surface area contributed by atoms with E-state index >= 15 is 0 Å². The molecule has 134 valence electrons. The fourth-order valence-corrected chi connectivity index (χ4v) is 3.51. The Balaban J connectivity index is 1.34. The summed E-state index contributed by atoms with van der Waals surface area (Å²) in [6.07, 6.45) is 5.58. The highest BCUT2D eigenvalue weighted by molar-refractivity contribution is 7.99. The van der Waals surface area contributed by atoms with E-state index in [0.29, 0.717) is 11.5 Å². The first-order valence-electron chi connectivity index (χ1n) is 8.59. The maximum Gasteiger partial charge on any atom is 0.234 e. The second-order valence-corrected chi connectivity index (χ2v) is 7.04. The number of thioether (sulfide) groups is 1. The van der Waals surface area contributed by atoms with Gasteiger partial charge in [-0.3, -0.25) is 9.20 Å². The second kappa shape index (κ2) is 8.05. The Morgan fingerprint density at radius 1 is 1.04 bits per heavy atom. The number of rotatable bonds is 6. The van der Waals surface area contributed by atoms with Gasteiger partial charge in [-0.05, 0) is 23.8 Å². The normalized spacial score (nSPS) is 10.8. The number of imidazole rings is 1. The molecule has 4 aromatic rings. The van der Waals surface area contributed by atoms with Gasteiger partial charge in [-0.2, -0.15) is 0 Å². The van der Waals surface area contributed by atoms with Crippen molar-refractivity contribution in [2.45, 2.75) is 5.75 Å². The highest BCUT2D eigenvalue weighted by Crippen LogP contribution is 2.21. The summed E-state index contributed by atoms with van der Waals surface area (Å²) in [4.78, 5) is 20.9. The van der Waals surface area contributed by atoms with Crippen LogP contribution in [0.3, 0.4) is 0 Å². The lowest BCUT2D eigenvalue weighted by Crippen LogP contribution is -2.14. The number of aromatic nitrogens is 3. The molecular formula is C21H18N4OS. The molecule has 0 atom stereocenters. The van der Waals surface area contributed by atoms with Crippen molar-refractivity contribution < 1.29 is 4.79 Å². The number of hydrogen-bond acceptors (Lipinski definition) is 4. The minimum atomic E-state index is 0.000566. The van der Waals surface area contributed by atoms with Crippen LogP contribution in [0, 0.1) is 0 Å². The van der Waals surface area contributed by atoms with Crippen LogP contribution in [0.4, 0.5) is 5.69 Å². The van der Waals surface area contributed by atoms with E-state index in [2.05, 4.69) is 27.4 Å². The number of fused-ring (bicyclic) bond motifs is 1. The highest BCUT2D eigenvalue weighted by atomic mass is 32.2. The third-order valence-electron chi connectivity index (χ3n) is 4.04. The average molecular weight is 374 g/mol. The van der Waals surface area contributed by atoms with Crippen LogP contribution in [-0.2, 0) is 10.5 Å². The smallest absolute Gasteiger partial charge is 0.234 e. The molecule has 0 spiro atoms. The molecule has 0 aliphatic carbocycles. The molecule has 2 aromatic carbocycles. The van der Waals surface area contributed by atoms with Crippen LogP contribution in [0.5, 0.6) is 0 Å². The van der Waals surface area contributed by atoms with Gasteiger partial charge in [0, 0.05) is 35.6 Å². The molecule has 5 nitrogen and oxygen atoms in total. The minimum absolute atomic E-state index is 0.000566. The number of nitrogens with zero attached hydrogens (tertiary/aromatic N) is 3. The average Bonchev–Trinajstić information content (AvgIpc) is 3.13. The van der Waals surface area contributed by atoms with E-state index in [-0.39, 0.29) is 5.91 Å². The summed E-state index contributed by atoms with van der Waals surface area (Å²) in [5, 5.41) is 2.94. The van der Waals surface area contributed by atoms with E-state index in [9.17, 15) is 4.79 Å². The Labute approximate surface area is 161 Å². The van der Waals surface area contributed by atoms with Crippen LogP contribution < -0.4 is 5.32 Å². The molecule has 0 fully saturated rings. The first kappa shape index (κ1) is 17.3. The van der Waals surface area contributed by atoms with Gasteiger partial charge in [-0.25, -0.2) is 9.97 Å². The maximum absolute atomic E-state index is 12.1. The maximum atomic E-state index is 12.1. The predicted molar refractivity (Wildman–Crippen MR) is 110 cm³/mol. The summed E-state index contributed by atoms with van der Waals surface area (Å²) in [7, 11) is 0. The van der Waals surface area contributed by atoms with Gasteiger partial charge < -0.3 is 5.32 Å². The molecule has 0 aliphatic rings. The fraction of sp³-hybridized carbons (Fsp3) is 0.0952. The van der Waals surface area contributed by atoms with Crippen molar-refractivity contribution in [1.29, 1.82) is 0 Å². The van der Waals surface area contributed by atoms with E-state index < -0.39 is 0 Å². The van der Waals surface area contributed by atoms with Crippen LogP contribution in [-0.4, -0.2) is 26.0 Å². The number of anilines is 1. The van der Waals surface area contributed by atoms with Crippen LogP contribution >= 0.6 is 11.8 Å². The lowest BCUT2D eigenvalue weighted by molar-refractivity contribution is -0.113. The number of nitrogens with one attached hydrogen (secondary N) is 1. The van der Waals surface area contributed by atoms with Gasteiger partial charge in [-0.1, -0.05) is 42.5 Å². The summed E-state index contributed by atoms with van der Waals surface area (Å²) in [6, 6.07) is 19.7. The van der Waals surface area contributed by atoms with Gasteiger partial charge in [-0.15, -0.1) is 11.8 Å². The Kier molecular flexibility index (Phi) is 5.16. The van der Waals surface area contributed by atoms with Gasteiger partial charge in [0.1, 0.15) is 0 Å². The molecule has 27 heavy (non-hydrogen) atoms. The summed E-state index contributed by atoms with van der Waals surface area (Å²) in [5.41, 5.74) is 3.84. The van der Waals surface area contributed by atoms with E-state index in [1.807, 2.05) is 65.3 Å². The number of carbonyl (C=O) groups excluding carboxylic acids is 1. The molecule has 2 heterocycles. The summed E-state index contributed by atoms with van der Waals surface area (Å²) in [5.74, 6) is 1.92. The molecule has 6 heteroatoms. The number of amides is 1. The highest BCUT2D eigenvalue weighted by Gasteiger charge is 2.06. The summed E-state index contributed by atoms with van der Waals surface area (Å²) < 4.78 is 1.88. The lowest BCUT2D eigenvalue weighted by Gasteiger charge is -2.06. The van der Waals surface area contributed by atoms with Crippen LogP contribution in [0.25, 0.3) is 17.0 Å². The minimum Gasteiger partial charge on any atom is -0.325 e. The Morgan fingerprint density at radius 3 is 2.63 bits per heavy atom. The second-order valence-electron chi connectivity index (χ2n) is 6.06.